The lowest BCUT2D eigenvalue weighted by Gasteiger charge is -2.14. The van der Waals surface area contributed by atoms with Crippen molar-refractivity contribution in [3.63, 3.8) is 0 Å². The van der Waals surface area contributed by atoms with E-state index in [0.29, 0.717) is 5.56 Å². The van der Waals surface area contributed by atoms with Crippen molar-refractivity contribution in [2.75, 3.05) is 7.11 Å². The molecule has 0 heterocycles. The van der Waals surface area contributed by atoms with E-state index in [9.17, 15) is 4.79 Å². The Morgan fingerprint density at radius 2 is 1.76 bits per heavy atom. The Kier molecular flexibility index (Phi) is 5.53. The second-order valence-corrected chi connectivity index (χ2v) is 5.76. The molecule has 2 aromatic rings. The van der Waals surface area contributed by atoms with E-state index < -0.39 is 0 Å². The van der Waals surface area contributed by atoms with Crippen molar-refractivity contribution in [3.05, 3.63) is 69.7 Å². The third-order valence-electron chi connectivity index (χ3n) is 3.36. The summed E-state index contributed by atoms with van der Waals surface area (Å²) in [6.07, 6.45) is 0. The smallest absolute Gasteiger partial charge is 0.337 e. The summed E-state index contributed by atoms with van der Waals surface area (Å²) >= 11 is 3.44. The second-order valence-electron chi connectivity index (χ2n) is 4.84. The van der Waals surface area contributed by atoms with Crippen LogP contribution in [0.4, 0.5) is 0 Å². The van der Waals surface area contributed by atoms with Gasteiger partial charge in [0.05, 0.1) is 12.7 Å². The molecule has 0 saturated carbocycles. The average molecular weight is 348 g/mol. The molecule has 3 nitrogen and oxygen atoms in total. The summed E-state index contributed by atoms with van der Waals surface area (Å²) in [5.41, 5.74) is 2.94. The van der Waals surface area contributed by atoms with Crippen LogP contribution in [0, 0.1) is 0 Å². The Bertz CT molecular complexity index is 593. The monoisotopic (exact) mass is 347 g/mol. The highest BCUT2D eigenvalue weighted by Crippen LogP contribution is 2.17. The highest BCUT2D eigenvalue weighted by Gasteiger charge is 2.06. The molecule has 2 aromatic carbocycles. The highest BCUT2D eigenvalue weighted by molar-refractivity contribution is 9.10. The third-order valence-corrected chi connectivity index (χ3v) is 3.89. The molecule has 0 aromatic heterocycles. The fourth-order valence-corrected chi connectivity index (χ4v) is 2.28. The van der Waals surface area contributed by atoms with Crippen molar-refractivity contribution in [1.82, 2.24) is 5.32 Å². The molecule has 0 aliphatic carbocycles. The Balaban J connectivity index is 1.93. The standard InChI is InChI=1S/C17H18BrNO2/c1-12(14-7-9-16(18)10-8-14)19-11-13-3-5-15(6-4-13)17(20)21-2/h3-10,12,19H,11H2,1-2H3/t12-/m1/s1. The summed E-state index contributed by atoms with van der Waals surface area (Å²) in [6, 6.07) is 16.0. The van der Waals surface area contributed by atoms with Crippen LogP contribution in [0.15, 0.2) is 53.0 Å². The largest absolute Gasteiger partial charge is 0.465 e. The van der Waals surface area contributed by atoms with E-state index >= 15 is 0 Å². The van der Waals surface area contributed by atoms with E-state index in [0.717, 1.165) is 16.6 Å². The highest BCUT2D eigenvalue weighted by atomic mass is 79.9. The molecule has 0 bridgehead atoms. The lowest BCUT2D eigenvalue weighted by molar-refractivity contribution is 0.0600. The molecule has 21 heavy (non-hydrogen) atoms. The summed E-state index contributed by atoms with van der Waals surface area (Å²) in [6.45, 7) is 2.88. The number of halogens is 1. The van der Waals surface area contributed by atoms with Crippen molar-refractivity contribution >= 4 is 21.9 Å². The van der Waals surface area contributed by atoms with Gasteiger partial charge in [-0.15, -0.1) is 0 Å². The maximum atomic E-state index is 11.4. The average Bonchev–Trinajstić information content (AvgIpc) is 2.53. The minimum Gasteiger partial charge on any atom is -0.465 e. The minimum atomic E-state index is -0.308. The molecular formula is C17H18BrNO2. The van der Waals surface area contributed by atoms with Gasteiger partial charge in [-0.3, -0.25) is 0 Å². The predicted octanol–water partition coefficient (Wildman–Crippen LogP) is 4.09. The maximum absolute atomic E-state index is 11.4. The first kappa shape index (κ1) is 15.7. The van der Waals surface area contributed by atoms with Crippen LogP contribution >= 0.6 is 15.9 Å². The van der Waals surface area contributed by atoms with Crippen molar-refractivity contribution in [2.45, 2.75) is 19.5 Å². The van der Waals surface area contributed by atoms with E-state index in [1.54, 1.807) is 12.1 Å². The Hall–Kier alpha value is -1.65. The molecule has 0 radical (unpaired) electrons. The summed E-state index contributed by atoms with van der Waals surface area (Å²) in [5, 5.41) is 3.47. The molecule has 0 aliphatic rings. The zero-order chi connectivity index (χ0) is 15.2. The van der Waals surface area contributed by atoms with E-state index in [1.165, 1.54) is 12.7 Å². The van der Waals surface area contributed by atoms with Gasteiger partial charge in [0.15, 0.2) is 0 Å². The Morgan fingerprint density at radius 1 is 1.14 bits per heavy atom. The lowest BCUT2D eigenvalue weighted by atomic mass is 10.1. The molecule has 0 aliphatic heterocycles. The quantitative estimate of drug-likeness (QED) is 0.828. The molecule has 0 saturated heterocycles. The Morgan fingerprint density at radius 3 is 2.33 bits per heavy atom. The first-order valence-corrected chi connectivity index (χ1v) is 7.55. The van der Waals surface area contributed by atoms with Crippen molar-refractivity contribution in [2.24, 2.45) is 0 Å². The van der Waals surface area contributed by atoms with Crippen LogP contribution in [-0.2, 0) is 11.3 Å². The molecular weight excluding hydrogens is 330 g/mol. The predicted molar refractivity (Wildman–Crippen MR) is 87.2 cm³/mol. The van der Waals surface area contributed by atoms with Crippen molar-refractivity contribution in [1.29, 1.82) is 0 Å². The number of benzene rings is 2. The van der Waals surface area contributed by atoms with Crippen LogP contribution in [-0.4, -0.2) is 13.1 Å². The zero-order valence-electron chi connectivity index (χ0n) is 12.1. The number of hydrogen-bond acceptors (Lipinski definition) is 3. The van der Waals surface area contributed by atoms with Crippen molar-refractivity contribution < 1.29 is 9.53 Å². The number of methoxy groups -OCH3 is 1. The molecule has 2 rings (SSSR count). The van der Waals surface area contributed by atoms with E-state index in [-0.39, 0.29) is 12.0 Å². The molecule has 4 heteroatoms. The van der Waals surface area contributed by atoms with E-state index in [1.807, 2.05) is 24.3 Å². The lowest BCUT2D eigenvalue weighted by Crippen LogP contribution is -2.18. The van der Waals surface area contributed by atoms with Gasteiger partial charge in [0.25, 0.3) is 0 Å². The number of ether oxygens (including phenoxy) is 1. The summed E-state index contributed by atoms with van der Waals surface area (Å²) < 4.78 is 5.76. The molecule has 1 N–H and O–H groups in total. The number of rotatable bonds is 5. The first-order valence-electron chi connectivity index (χ1n) is 6.76. The number of carbonyl (C=O) groups excluding carboxylic acids is 1. The summed E-state index contributed by atoms with van der Waals surface area (Å²) in [7, 11) is 1.39. The molecule has 0 spiro atoms. The maximum Gasteiger partial charge on any atom is 0.337 e. The van der Waals surface area contributed by atoms with Gasteiger partial charge in [0.1, 0.15) is 0 Å². The van der Waals surface area contributed by atoms with Gasteiger partial charge < -0.3 is 10.1 Å². The zero-order valence-corrected chi connectivity index (χ0v) is 13.7. The molecule has 1 atom stereocenters. The van der Waals surface area contributed by atoms with Crippen LogP contribution in [0.5, 0.6) is 0 Å². The number of esters is 1. The Labute approximate surface area is 133 Å². The van der Waals surface area contributed by atoms with Crippen LogP contribution in [0.25, 0.3) is 0 Å². The van der Waals surface area contributed by atoms with Gasteiger partial charge in [-0.05, 0) is 42.3 Å². The molecule has 110 valence electrons. The second kappa shape index (κ2) is 7.38. The molecule has 0 unspecified atom stereocenters. The number of nitrogens with one attached hydrogen (secondary N) is 1. The van der Waals surface area contributed by atoms with Gasteiger partial charge in [-0.1, -0.05) is 40.2 Å². The van der Waals surface area contributed by atoms with Gasteiger partial charge >= 0.3 is 5.97 Å². The number of carbonyl (C=O) groups is 1. The van der Waals surface area contributed by atoms with Crippen molar-refractivity contribution in [3.8, 4) is 0 Å². The summed E-state index contributed by atoms with van der Waals surface area (Å²) in [4.78, 5) is 11.4. The van der Waals surface area contributed by atoms with Crippen LogP contribution in [0.2, 0.25) is 0 Å². The number of hydrogen-bond donors (Lipinski definition) is 1. The third kappa shape index (κ3) is 4.41. The van der Waals surface area contributed by atoms with Crippen LogP contribution in [0.3, 0.4) is 0 Å². The molecule has 0 amide bonds. The topological polar surface area (TPSA) is 38.3 Å². The van der Waals surface area contributed by atoms with E-state index in [2.05, 4.69) is 45.0 Å². The fourth-order valence-electron chi connectivity index (χ4n) is 2.02. The summed E-state index contributed by atoms with van der Waals surface area (Å²) in [5.74, 6) is -0.308. The van der Waals surface area contributed by atoms with Crippen LogP contribution in [0.1, 0.15) is 34.5 Å². The first-order chi connectivity index (χ1) is 10.1. The SMILES string of the molecule is COC(=O)c1ccc(CN[C@H](C)c2ccc(Br)cc2)cc1. The van der Waals surface area contributed by atoms with Gasteiger partial charge in [0.2, 0.25) is 0 Å². The molecule has 0 fully saturated rings. The normalized spacial score (nSPS) is 12.0. The van der Waals surface area contributed by atoms with Gasteiger partial charge in [0, 0.05) is 17.1 Å². The van der Waals surface area contributed by atoms with E-state index in [4.69, 9.17) is 0 Å². The fraction of sp³-hybridized carbons (Fsp3) is 0.235. The minimum absolute atomic E-state index is 0.262. The van der Waals surface area contributed by atoms with Crippen LogP contribution < -0.4 is 5.32 Å². The van der Waals surface area contributed by atoms with Gasteiger partial charge in [-0.25, -0.2) is 4.79 Å². The van der Waals surface area contributed by atoms with Gasteiger partial charge in [-0.2, -0.15) is 0 Å².